The molecular formula is C44H70N4O6. The number of nitrogens with zero attached hydrogens (tertiary/aromatic N) is 4. The van der Waals surface area contributed by atoms with E-state index in [2.05, 4.69) is 13.2 Å². The number of ether oxygens (including phenoxy) is 3. The van der Waals surface area contributed by atoms with E-state index in [1.54, 1.807) is 0 Å². The van der Waals surface area contributed by atoms with Gasteiger partial charge in [-0.1, -0.05) is 51.7 Å². The number of rotatable bonds is 19. The molecule has 10 nitrogen and oxygen atoms in total. The van der Waals surface area contributed by atoms with Crippen molar-refractivity contribution in [1.29, 1.82) is 0 Å². The average Bonchev–Trinajstić information content (AvgIpc) is 3.21. The monoisotopic (exact) mass is 751 g/mol. The molecule has 0 heterocycles. The SMILES string of the molecule is C=CC(=O)OCCCCCC1CCC(C(=O)OC2CCC(N=NC3CCC(N=NC4CCC(CCCCOC(=O)C=C)CC4)C4CCCCC34)CC2)CC1. The van der Waals surface area contributed by atoms with Crippen LogP contribution in [0.4, 0.5) is 0 Å². The minimum atomic E-state index is -0.346. The van der Waals surface area contributed by atoms with Gasteiger partial charge in [0.1, 0.15) is 6.10 Å². The Kier molecular flexibility index (Phi) is 18.2. The molecule has 10 heteroatoms. The Morgan fingerprint density at radius 1 is 0.519 bits per heavy atom. The lowest BCUT2D eigenvalue weighted by Crippen LogP contribution is -2.41. The van der Waals surface area contributed by atoms with Crippen LogP contribution in [0.2, 0.25) is 0 Å². The van der Waals surface area contributed by atoms with Gasteiger partial charge in [0.05, 0.1) is 43.3 Å². The fraction of sp³-hybridized carbons (Fsp3) is 0.841. The van der Waals surface area contributed by atoms with Gasteiger partial charge < -0.3 is 14.2 Å². The molecule has 0 saturated heterocycles. The molecule has 0 aliphatic heterocycles. The number of azo groups is 2. The maximum absolute atomic E-state index is 13.0. The lowest BCUT2D eigenvalue weighted by Gasteiger charge is -2.42. The molecule has 5 fully saturated rings. The largest absolute Gasteiger partial charge is 0.463 e. The Hall–Kier alpha value is -2.91. The molecule has 302 valence electrons. The number of fused-ring (bicyclic) bond motifs is 1. The molecular weight excluding hydrogens is 681 g/mol. The molecule has 5 aliphatic carbocycles. The van der Waals surface area contributed by atoms with Crippen LogP contribution in [-0.2, 0) is 28.6 Å². The number of hydrogen-bond donors (Lipinski definition) is 0. The average molecular weight is 751 g/mol. The van der Waals surface area contributed by atoms with Crippen molar-refractivity contribution in [2.45, 2.75) is 191 Å². The van der Waals surface area contributed by atoms with Crippen molar-refractivity contribution >= 4 is 17.9 Å². The summed E-state index contributed by atoms with van der Waals surface area (Å²) in [5, 5.41) is 20.0. The van der Waals surface area contributed by atoms with Gasteiger partial charge in [0.2, 0.25) is 0 Å². The summed E-state index contributed by atoms with van der Waals surface area (Å²) in [5.74, 6) is 2.00. The van der Waals surface area contributed by atoms with Crippen molar-refractivity contribution in [3.8, 4) is 0 Å². The normalized spacial score (nSPS) is 33.1. The summed E-state index contributed by atoms with van der Waals surface area (Å²) in [7, 11) is 0. The van der Waals surface area contributed by atoms with Gasteiger partial charge in [-0.3, -0.25) is 4.79 Å². The van der Waals surface area contributed by atoms with Crippen LogP contribution < -0.4 is 0 Å². The molecule has 5 aliphatic rings. The van der Waals surface area contributed by atoms with Crippen LogP contribution >= 0.6 is 0 Å². The van der Waals surface area contributed by atoms with Gasteiger partial charge >= 0.3 is 17.9 Å². The third kappa shape index (κ3) is 14.0. The molecule has 4 atom stereocenters. The Morgan fingerprint density at radius 2 is 0.981 bits per heavy atom. The Bertz CT molecular complexity index is 1230. The van der Waals surface area contributed by atoms with E-state index in [0.29, 0.717) is 49.1 Å². The topological polar surface area (TPSA) is 128 Å². The zero-order chi connectivity index (χ0) is 38.0. The predicted molar refractivity (Wildman–Crippen MR) is 210 cm³/mol. The van der Waals surface area contributed by atoms with Crippen LogP contribution in [0.5, 0.6) is 0 Å². The first-order chi connectivity index (χ1) is 26.4. The maximum Gasteiger partial charge on any atom is 0.330 e. The first kappa shape index (κ1) is 42.2. The van der Waals surface area contributed by atoms with E-state index >= 15 is 0 Å². The van der Waals surface area contributed by atoms with Crippen LogP contribution in [0.3, 0.4) is 0 Å². The van der Waals surface area contributed by atoms with E-state index in [-0.39, 0.29) is 36.0 Å². The summed E-state index contributed by atoms with van der Waals surface area (Å²) >= 11 is 0. The minimum absolute atomic E-state index is 0.0184. The highest BCUT2D eigenvalue weighted by Crippen LogP contribution is 2.44. The molecule has 0 N–H and O–H groups in total. The first-order valence-corrected chi connectivity index (χ1v) is 22.0. The van der Waals surface area contributed by atoms with Crippen molar-refractivity contribution in [2.75, 3.05) is 13.2 Å². The van der Waals surface area contributed by atoms with E-state index in [1.807, 2.05) is 0 Å². The zero-order valence-electron chi connectivity index (χ0n) is 33.2. The summed E-state index contributed by atoms with van der Waals surface area (Å²) < 4.78 is 16.2. The second-order valence-electron chi connectivity index (χ2n) is 17.1. The van der Waals surface area contributed by atoms with Crippen LogP contribution in [-0.4, -0.2) is 61.4 Å². The third-order valence-electron chi connectivity index (χ3n) is 13.4. The van der Waals surface area contributed by atoms with Crippen LogP contribution in [0.1, 0.15) is 161 Å². The summed E-state index contributed by atoms with van der Waals surface area (Å²) in [6.07, 6.45) is 29.7. The highest BCUT2D eigenvalue weighted by Gasteiger charge is 2.41. The fourth-order valence-corrected chi connectivity index (χ4v) is 10.0. The lowest BCUT2D eigenvalue weighted by molar-refractivity contribution is -0.157. The molecule has 5 saturated carbocycles. The molecule has 0 aromatic rings. The summed E-state index contributed by atoms with van der Waals surface area (Å²) in [6, 6.07) is 1.26. The van der Waals surface area contributed by atoms with Gasteiger partial charge in [-0.15, -0.1) is 0 Å². The number of esters is 3. The molecule has 0 aromatic carbocycles. The van der Waals surface area contributed by atoms with Gasteiger partial charge in [0, 0.05) is 12.2 Å². The van der Waals surface area contributed by atoms with Crippen molar-refractivity contribution in [2.24, 2.45) is 50.0 Å². The van der Waals surface area contributed by atoms with Crippen LogP contribution in [0.25, 0.3) is 0 Å². The summed E-state index contributed by atoms with van der Waals surface area (Å²) in [5.41, 5.74) is 0. The smallest absolute Gasteiger partial charge is 0.330 e. The van der Waals surface area contributed by atoms with Gasteiger partial charge in [0.25, 0.3) is 0 Å². The van der Waals surface area contributed by atoms with Crippen molar-refractivity contribution in [1.82, 2.24) is 0 Å². The number of hydrogen-bond acceptors (Lipinski definition) is 10. The molecule has 0 aromatic heterocycles. The highest BCUT2D eigenvalue weighted by atomic mass is 16.5. The van der Waals surface area contributed by atoms with Gasteiger partial charge in [-0.05, 0) is 146 Å². The maximum atomic E-state index is 13.0. The van der Waals surface area contributed by atoms with Crippen molar-refractivity contribution < 1.29 is 28.6 Å². The third-order valence-corrected chi connectivity index (χ3v) is 13.4. The number of unbranched alkanes of at least 4 members (excludes halogenated alkanes) is 3. The van der Waals surface area contributed by atoms with Crippen molar-refractivity contribution in [3.05, 3.63) is 25.3 Å². The lowest BCUT2D eigenvalue weighted by atomic mass is 9.66. The van der Waals surface area contributed by atoms with Crippen molar-refractivity contribution in [3.63, 3.8) is 0 Å². The van der Waals surface area contributed by atoms with E-state index in [4.69, 9.17) is 34.7 Å². The Labute approximate surface area is 325 Å². The highest BCUT2D eigenvalue weighted by molar-refractivity contribution is 5.81. The fourth-order valence-electron chi connectivity index (χ4n) is 10.0. The Balaban J connectivity index is 0.944. The predicted octanol–water partition coefficient (Wildman–Crippen LogP) is 10.6. The molecule has 0 spiro atoms. The summed E-state index contributed by atoms with van der Waals surface area (Å²) in [4.78, 5) is 35.4. The van der Waals surface area contributed by atoms with Crippen LogP contribution in [0.15, 0.2) is 45.8 Å². The van der Waals surface area contributed by atoms with Gasteiger partial charge in [-0.25, -0.2) is 9.59 Å². The molecule has 54 heavy (non-hydrogen) atoms. The molecule has 0 bridgehead atoms. The van der Waals surface area contributed by atoms with E-state index < -0.39 is 0 Å². The summed E-state index contributed by atoms with van der Waals surface area (Å²) in [6.45, 7) is 7.83. The van der Waals surface area contributed by atoms with Gasteiger partial charge in [-0.2, -0.15) is 20.5 Å². The minimum Gasteiger partial charge on any atom is -0.463 e. The Morgan fingerprint density at radius 3 is 1.50 bits per heavy atom. The number of carbonyl (C=O) groups is 3. The quantitative estimate of drug-likeness (QED) is 0.0425. The molecule has 4 unspecified atom stereocenters. The van der Waals surface area contributed by atoms with E-state index in [0.717, 1.165) is 115 Å². The van der Waals surface area contributed by atoms with Crippen LogP contribution in [0, 0.1) is 29.6 Å². The second-order valence-corrected chi connectivity index (χ2v) is 17.1. The van der Waals surface area contributed by atoms with E-state index in [9.17, 15) is 14.4 Å². The standard InChI is InChI=1S/C44H70N4O6/c1-3-42(49)52-30-10-5-6-12-32-16-20-34(21-17-32)44(51)54-37-26-24-36(25-27-37)46-48-41-29-28-40(38-14-7-8-15-39(38)41)47-45-35-22-18-33(19-23-35)13-9-11-31-53-43(50)4-2/h3-4,32-41H,1-2,5-31H2. The number of carbonyl (C=O) groups excluding carboxylic acids is 3. The molecule has 0 radical (unpaired) electrons. The van der Waals surface area contributed by atoms with Gasteiger partial charge in [0.15, 0.2) is 0 Å². The second kappa shape index (κ2) is 23.2. The first-order valence-electron chi connectivity index (χ1n) is 22.0. The molecule has 5 rings (SSSR count). The van der Waals surface area contributed by atoms with E-state index in [1.165, 1.54) is 63.5 Å². The zero-order valence-corrected chi connectivity index (χ0v) is 33.2. The molecule has 0 amide bonds.